The Hall–Kier alpha value is -3.71. The summed E-state index contributed by atoms with van der Waals surface area (Å²) in [6, 6.07) is 21.5. The summed E-state index contributed by atoms with van der Waals surface area (Å²) >= 11 is 1.57. The van der Waals surface area contributed by atoms with Gasteiger partial charge in [0, 0.05) is 12.2 Å². The van der Waals surface area contributed by atoms with Gasteiger partial charge in [0.2, 0.25) is 5.91 Å². The molecule has 6 nitrogen and oxygen atoms in total. The molecule has 2 aromatic heterocycles. The van der Waals surface area contributed by atoms with Crippen molar-refractivity contribution in [2.45, 2.75) is 39.4 Å². The molecule has 1 N–H and O–H groups in total. The molecule has 4 aromatic rings. The minimum atomic E-state index is -1.15. The first kappa shape index (κ1) is 22.1. The fourth-order valence-corrected chi connectivity index (χ4v) is 5.26. The zero-order valence-corrected chi connectivity index (χ0v) is 20.2. The third-order valence-electron chi connectivity index (χ3n) is 6.18. The lowest BCUT2D eigenvalue weighted by molar-refractivity contribution is -0.126. The van der Waals surface area contributed by atoms with Gasteiger partial charge in [-0.25, -0.2) is 0 Å². The molecule has 34 heavy (non-hydrogen) atoms. The first-order chi connectivity index (χ1) is 16.3. The third-order valence-corrected chi connectivity index (χ3v) is 7.07. The molecule has 2 aromatic carbocycles. The number of thiophene rings is 1. The number of benzene rings is 2. The van der Waals surface area contributed by atoms with Crippen LogP contribution in [-0.2, 0) is 17.9 Å². The van der Waals surface area contributed by atoms with E-state index in [4.69, 9.17) is 5.10 Å². The van der Waals surface area contributed by atoms with Crippen LogP contribution in [-0.4, -0.2) is 27.1 Å². The van der Waals surface area contributed by atoms with Crippen LogP contribution < -0.4 is 10.2 Å². The van der Waals surface area contributed by atoms with E-state index in [9.17, 15) is 9.59 Å². The van der Waals surface area contributed by atoms with E-state index in [1.54, 1.807) is 20.9 Å². The van der Waals surface area contributed by atoms with Crippen molar-refractivity contribution < 1.29 is 9.59 Å². The van der Waals surface area contributed by atoms with Gasteiger partial charge in [-0.3, -0.25) is 19.2 Å². The molecule has 1 aliphatic rings. The van der Waals surface area contributed by atoms with Crippen LogP contribution in [0.1, 0.15) is 34.1 Å². The van der Waals surface area contributed by atoms with Gasteiger partial charge in [0.05, 0.1) is 11.4 Å². The molecule has 0 fully saturated rings. The summed E-state index contributed by atoms with van der Waals surface area (Å²) in [5, 5.41) is 9.74. The Bertz CT molecular complexity index is 1340. The molecule has 2 amide bonds. The molecule has 172 valence electrons. The lowest BCUT2D eigenvalue weighted by atomic mass is 9.93. The smallest absolute Gasteiger partial charge is 0.277 e. The van der Waals surface area contributed by atoms with Gasteiger partial charge in [0.1, 0.15) is 16.9 Å². The van der Waals surface area contributed by atoms with Crippen LogP contribution in [0.5, 0.6) is 0 Å². The second kappa shape index (κ2) is 8.57. The van der Waals surface area contributed by atoms with Crippen molar-refractivity contribution >= 4 is 28.8 Å². The maximum Gasteiger partial charge on any atom is 0.277 e. The number of carbonyl (C=O) groups excluding carboxylic acids is 2. The lowest BCUT2D eigenvalue weighted by Gasteiger charge is -2.43. The summed E-state index contributed by atoms with van der Waals surface area (Å²) in [6.45, 7) is 6.45. The highest BCUT2D eigenvalue weighted by Crippen LogP contribution is 2.35. The average molecular weight is 471 g/mol. The zero-order chi connectivity index (χ0) is 23.9. The number of rotatable bonds is 5. The van der Waals surface area contributed by atoms with E-state index in [2.05, 4.69) is 11.4 Å². The summed E-state index contributed by atoms with van der Waals surface area (Å²) in [4.78, 5) is 30.2. The highest BCUT2D eigenvalue weighted by molar-refractivity contribution is 7.13. The Morgan fingerprint density at radius 2 is 1.79 bits per heavy atom. The molecular weight excluding hydrogens is 444 g/mol. The summed E-state index contributed by atoms with van der Waals surface area (Å²) < 4.78 is 1.68. The van der Waals surface area contributed by atoms with Crippen LogP contribution in [0.3, 0.4) is 0 Å². The number of amides is 2. The molecule has 0 saturated carbocycles. The highest BCUT2D eigenvalue weighted by Gasteiger charge is 2.49. The Labute approximate surface area is 202 Å². The first-order valence-electron chi connectivity index (χ1n) is 11.2. The van der Waals surface area contributed by atoms with E-state index in [1.165, 1.54) is 0 Å². The molecule has 0 radical (unpaired) electrons. The number of nitrogens with zero attached hydrogens (tertiary/aromatic N) is 3. The van der Waals surface area contributed by atoms with Gasteiger partial charge in [-0.05, 0) is 67.1 Å². The fraction of sp³-hybridized carbons (Fsp3) is 0.222. The normalized spacial score (nSPS) is 17.5. The summed E-state index contributed by atoms with van der Waals surface area (Å²) in [7, 11) is 0. The molecule has 0 unspecified atom stereocenters. The third kappa shape index (κ3) is 3.92. The van der Waals surface area contributed by atoms with Crippen LogP contribution in [0.2, 0.25) is 0 Å². The number of aromatic nitrogens is 2. The number of hydrogen-bond acceptors (Lipinski definition) is 4. The van der Waals surface area contributed by atoms with Crippen LogP contribution in [0.4, 0.5) is 5.69 Å². The number of nitrogens with one attached hydrogen (secondary N) is 1. The monoisotopic (exact) mass is 470 g/mol. The van der Waals surface area contributed by atoms with Crippen molar-refractivity contribution in [2.75, 3.05) is 4.90 Å². The minimum Gasteiger partial charge on any atom is -0.350 e. The zero-order valence-electron chi connectivity index (χ0n) is 19.4. The Morgan fingerprint density at radius 1 is 1.06 bits per heavy atom. The van der Waals surface area contributed by atoms with Crippen molar-refractivity contribution in [3.63, 3.8) is 0 Å². The van der Waals surface area contributed by atoms with Crippen molar-refractivity contribution in [2.24, 2.45) is 0 Å². The van der Waals surface area contributed by atoms with Gasteiger partial charge in [-0.2, -0.15) is 5.10 Å². The van der Waals surface area contributed by atoms with Crippen molar-refractivity contribution in [3.8, 4) is 10.6 Å². The maximum absolute atomic E-state index is 13.9. The number of anilines is 1. The van der Waals surface area contributed by atoms with E-state index in [0.717, 1.165) is 27.3 Å². The van der Waals surface area contributed by atoms with Gasteiger partial charge in [-0.15, -0.1) is 11.3 Å². The summed E-state index contributed by atoms with van der Waals surface area (Å²) in [5.74, 6) is -0.452. The van der Waals surface area contributed by atoms with E-state index in [1.807, 2.05) is 86.8 Å². The molecule has 0 aliphatic carbocycles. The Balaban J connectivity index is 1.57. The predicted octanol–water partition coefficient (Wildman–Crippen LogP) is 4.96. The van der Waals surface area contributed by atoms with Crippen LogP contribution >= 0.6 is 11.3 Å². The molecule has 0 bridgehead atoms. The highest BCUT2D eigenvalue weighted by atomic mass is 32.1. The van der Waals surface area contributed by atoms with E-state index < -0.39 is 5.54 Å². The van der Waals surface area contributed by atoms with Crippen molar-refractivity contribution in [1.29, 1.82) is 0 Å². The molecule has 1 atom stereocenters. The number of hydrogen-bond donors (Lipinski definition) is 1. The van der Waals surface area contributed by atoms with Crippen molar-refractivity contribution in [1.82, 2.24) is 15.1 Å². The van der Waals surface area contributed by atoms with Crippen LogP contribution in [0.25, 0.3) is 10.6 Å². The number of fused-ring (bicyclic) bond motifs is 1. The second-order valence-corrected chi connectivity index (χ2v) is 9.93. The van der Waals surface area contributed by atoms with Gasteiger partial charge in [-0.1, -0.05) is 42.5 Å². The van der Waals surface area contributed by atoms with Crippen molar-refractivity contribution in [3.05, 3.63) is 94.5 Å². The SMILES string of the molecule is Cc1cc(C)cc(N2C(=O)c3cc(-c4cccs4)nn3C[C@]2(C)C(=O)NCc2ccccc2)c1. The Kier molecular flexibility index (Phi) is 5.57. The molecule has 0 spiro atoms. The van der Waals surface area contributed by atoms with E-state index in [-0.39, 0.29) is 18.4 Å². The van der Waals surface area contributed by atoms with E-state index >= 15 is 0 Å². The quantitative estimate of drug-likeness (QED) is 0.448. The largest absolute Gasteiger partial charge is 0.350 e. The molecule has 0 saturated heterocycles. The molecule has 7 heteroatoms. The predicted molar refractivity (Wildman–Crippen MR) is 135 cm³/mol. The minimum absolute atomic E-state index is 0.220. The summed E-state index contributed by atoms with van der Waals surface area (Å²) in [5.41, 5.74) is 3.85. The van der Waals surface area contributed by atoms with Crippen LogP contribution in [0, 0.1) is 13.8 Å². The second-order valence-electron chi connectivity index (χ2n) is 8.98. The topological polar surface area (TPSA) is 67.2 Å². The number of aryl methyl sites for hydroxylation is 2. The van der Waals surface area contributed by atoms with Gasteiger partial charge >= 0.3 is 0 Å². The maximum atomic E-state index is 13.9. The Morgan fingerprint density at radius 3 is 2.47 bits per heavy atom. The molecule has 5 rings (SSSR count). The molecular formula is C27H26N4O2S. The standard InChI is InChI=1S/C27H26N4O2S/c1-18-12-19(2)14-21(13-18)31-25(32)23-15-22(24-10-7-11-34-24)29-30(23)17-27(31,3)26(33)28-16-20-8-5-4-6-9-20/h4-15H,16-17H2,1-3H3,(H,28,33)/t27-/m1/s1. The first-order valence-corrected chi connectivity index (χ1v) is 12.1. The fourth-order valence-electron chi connectivity index (χ4n) is 4.58. The van der Waals surface area contributed by atoms with Gasteiger partial charge in [0.25, 0.3) is 5.91 Å². The lowest BCUT2D eigenvalue weighted by Crippen LogP contribution is -2.64. The number of carbonyl (C=O) groups is 2. The van der Waals surface area contributed by atoms with Crippen LogP contribution in [0.15, 0.2) is 72.1 Å². The van der Waals surface area contributed by atoms with Gasteiger partial charge < -0.3 is 5.32 Å². The van der Waals surface area contributed by atoms with E-state index in [0.29, 0.717) is 17.9 Å². The molecule has 1 aliphatic heterocycles. The molecule has 3 heterocycles. The summed E-state index contributed by atoms with van der Waals surface area (Å²) in [6.07, 6.45) is 0. The van der Waals surface area contributed by atoms with Gasteiger partial charge in [0.15, 0.2) is 0 Å². The average Bonchev–Trinajstić information content (AvgIpc) is 3.47.